The summed E-state index contributed by atoms with van der Waals surface area (Å²) in [5.74, 6) is 0.284. The molecular formula is C15H27NO2S. The first-order valence-corrected chi connectivity index (χ1v) is 8.60. The zero-order valence-electron chi connectivity index (χ0n) is 12.1. The number of nitrogens with one attached hydrogen (secondary N) is 1. The van der Waals surface area contributed by atoms with E-state index >= 15 is 0 Å². The van der Waals surface area contributed by atoms with Crippen LogP contribution in [-0.2, 0) is 9.59 Å². The minimum atomic E-state index is 0.0117. The summed E-state index contributed by atoms with van der Waals surface area (Å²) >= 11 is 1.10. The van der Waals surface area contributed by atoms with Crippen LogP contribution in [0.3, 0.4) is 0 Å². The summed E-state index contributed by atoms with van der Waals surface area (Å²) in [6.45, 7) is 1.50. The van der Waals surface area contributed by atoms with Gasteiger partial charge in [0.15, 0.2) is 5.12 Å². The van der Waals surface area contributed by atoms with Gasteiger partial charge in [0.2, 0.25) is 5.91 Å². The van der Waals surface area contributed by atoms with Crippen LogP contribution >= 0.6 is 11.8 Å². The molecule has 1 rings (SSSR count). The first-order valence-electron chi connectivity index (χ1n) is 7.61. The van der Waals surface area contributed by atoms with E-state index in [2.05, 4.69) is 5.32 Å². The number of carbonyl (C=O) groups excluding carboxylic acids is 2. The van der Waals surface area contributed by atoms with Crippen LogP contribution < -0.4 is 5.32 Å². The molecule has 0 saturated heterocycles. The molecule has 0 radical (unpaired) electrons. The highest BCUT2D eigenvalue weighted by Gasteiger charge is 2.13. The van der Waals surface area contributed by atoms with Gasteiger partial charge in [-0.25, -0.2) is 0 Å². The molecule has 0 bridgehead atoms. The third-order valence-electron chi connectivity index (χ3n) is 3.63. The number of hydrogen-bond donors (Lipinski definition) is 1. The van der Waals surface area contributed by atoms with Gasteiger partial charge in [-0.3, -0.25) is 9.59 Å². The molecule has 0 aromatic rings. The zero-order valence-corrected chi connectivity index (χ0v) is 12.9. The van der Waals surface area contributed by atoms with Crippen LogP contribution in [0.25, 0.3) is 0 Å². The summed E-state index contributed by atoms with van der Waals surface area (Å²) < 4.78 is 0. The van der Waals surface area contributed by atoms with E-state index in [0.29, 0.717) is 6.04 Å². The molecule has 1 aliphatic carbocycles. The van der Waals surface area contributed by atoms with Gasteiger partial charge in [-0.15, -0.1) is 0 Å². The average molecular weight is 285 g/mol. The molecule has 0 spiro atoms. The van der Waals surface area contributed by atoms with Crippen molar-refractivity contribution in [3.8, 4) is 0 Å². The molecule has 1 fully saturated rings. The molecule has 3 nitrogen and oxygen atoms in total. The van der Waals surface area contributed by atoms with Crippen LogP contribution in [0.1, 0.15) is 71.1 Å². The Labute approximate surface area is 121 Å². The molecule has 0 heterocycles. The Balaban J connectivity index is 2.29. The molecule has 1 aliphatic rings. The Kier molecular flexibility index (Phi) is 8.97. The summed E-state index contributed by atoms with van der Waals surface area (Å²) in [7, 11) is 0. The van der Waals surface area contributed by atoms with E-state index in [1.54, 1.807) is 0 Å². The Bertz CT molecular complexity index is 269. The van der Waals surface area contributed by atoms with E-state index in [1.807, 2.05) is 0 Å². The minimum absolute atomic E-state index is 0.0117. The van der Waals surface area contributed by atoms with Gasteiger partial charge in [0, 0.05) is 13.0 Å². The summed E-state index contributed by atoms with van der Waals surface area (Å²) in [5.41, 5.74) is 0. The highest BCUT2D eigenvalue weighted by Crippen LogP contribution is 2.17. The van der Waals surface area contributed by atoms with Crippen molar-refractivity contribution in [2.24, 2.45) is 0 Å². The molecule has 4 heteroatoms. The zero-order chi connectivity index (χ0) is 13.9. The maximum Gasteiger partial charge on any atom is 0.230 e. The lowest BCUT2D eigenvalue weighted by Crippen LogP contribution is -2.36. The second-order valence-corrected chi connectivity index (χ2v) is 6.60. The SMILES string of the molecule is CC(=O)SCC(=O)NC1CCCCCCCCCC1. The topological polar surface area (TPSA) is 46.2 Å². The van der Waals surface area contributed by atoms with Gasteiger partial charge in [-0.2, -0.15) is 0 Å². The summed E-state index contributed by atoms with van der Waals surface area (Å²) in [6, 6.07) is 0.318. The molecule has 110 valence electrons. The summed E-state index contributed by atoms with van der Waals surface area (Å²) in [5, 5.41) is 3.11. The van der Waals surface area contributed by atoms with E-state index < -0.39 is 0 Å². The Morgan fingerprint density at radius 1 is 0.947 bits per heavy atom. The minimum Gasteiger partial charge on any atom is -0.353 e. The Morgan fingerprint density at radius 2 is 1.42 bits per heavy atom. The first-order chi connectivity index (χ1) is 9.18. The van der Waals surface area contributed by atoms with Crippen molar-refractivity contribution >= 4 is 22.8 Å². The molecule has 1 saturated carbocycles. The molecule has 1 amide bonds. The predicted molar refractivity (Wildman–Crippen MR) is 81.2 cm³/mol. The fourth-order valence-corrected chi connectivity index (χ4v) is 2.99. The molecular weight excluding hydrogens is 258 g/mol. The standard InChI is InChI=1S/C15H27NO2S/c1-13(17)19-12-15(18)16-14-10-8-6-4-2-3-5-7-9-11-14/h14H,2-12H2,1H3,(H,16,18). The van der Waals surface area contributed by atoms with Crippen LogP contribution in [0.2, 0.25) is 0 Å². The quantitative estimate of drug-likeness (QED) is 0.860. The van der Waals surface area contributed by atoms with Crippen LogP contribution in [0.5, 0.6) is 0 Å². The smallest absolute Gasteiger partial charge is 0.230 e. The van der Waals surface area contributed by atoms with Crippen LogP contribution in [0.15, 0.2) is 0 Å². The first kappa shape index (κ1) is 16.5. The lowest BCUT2D eigenvalue weighted by molar-refractivity contribution is -0.119. The Hall–Kier alpha value is -0.510. The fraction of sp³-hybridized carbons (Fsp3) is 0.867. The van der Waals surface area contributed by atoms with E-state index in [4.69, 9.17) is 0 Å². The monoisotopic (exact) mass is 285 g/mol. The van der Waals surface area contributed by atoms with E-state index in [-0.39, 0.29) is 16.8 Å². The molecule has 0 aromatic carbocycles. The van der Waals surface area contributed by atoms with Crippen molar-refractivity contribution < 1.29 is 9.59 Å². The van der Waals surface area contributed by atoms with Crippen molar-refractivity contribution in [1.29, 1.82) is 0 Å². The maximum atomic E-state index is 11.8. The van der Waals surface area contributed by atoms with E-state index in [1.165, 1.54) is 58.3 Å². The number of hydrogen-bond acceptors (Lipinski definition) is 3. The normalized spacial score (nSPS) is 19.4. The van der Waals surface area contributed by atoms with E-state index in [9.17, 15) is 9.59 Å². The molecule has 0 unspecified atom stereocenters. The van der Waals surface area contributed by atoms with Gasteiger partial charge in [-0.05, 0) is 12.8 Å². The fourth-order valence-electron chi connectivity index (χ4n) is 2.57. The van der Waals surface area contributed by atoms with Gasteiger partial charge in [0.05, 0.1) is 5.75 Å². The van der Waals surface area contributed by atoms with Crippen molar-refractivity contribution in [1.82, 2.24) is 5.32 Å². The third kappa shape index (κ3) is 9.09. The second kappa shape index (κ2) is 10.3. The number of rotatable bonds is 3. The predicted octanol–water partition coefficient (Wildman–Crippen LogP) is 3.67. The van der Waals surface area contributed by atoms with Crippen LogP contribution in [-0.4, -0.2) is 22.8 Å². The lowest BCUT2D eigenvalue weighted by atomic mass is 10.0. The molecule has 0 atom stereocenters. The molecule has 0 aromatic heterocycles. The summed E-state index contributed by atoms with van der Waals surface area (Å²) in [6.07, 6.45) is 12.6. The highest BCUT2D eigenvalue weighted by molar-refractivity contribution is 8.14. The number of amides is 1. The third-order valence-corrected chi connectivity index (χ3v) is 4.44. The Morgan fingerprint density at radius 3 is 1.89 bits per heavy atom. The van der Waals surface area contributed by atoms with Gasteiger partial charge >= 0.3 is 0 Å². The molecule has 19 heavy (non-hydrogen) atoms. The number of carbonyl (C=O) groups is 2. The lowest BCUT2D eigenvalue weighted by Gasteiger charge is -2.18. The van der Waals surface area contributed by atoms with Crippen LogP contribution in [0, 0.1) is 0 Å². The average Bonchev–Trinajstić information content (AvgIpc) is 2.42. The number of thioether (sulfide) groups is 1. The van der Waals surface area contributed by atoms with E-state index in [0.717, 1.165) is 24.6 Å². The van der Waals surface area contributed by atoms with Crippen molar-refractivity contribution in [2.75, 3.05) is 5.75 Å². The second-order valence-electron chi connectivity index (χ2n) is 5.45. The van der Waals surface area contributed by atoms with Gasteiger partial charge in [0.25, 0.3) is 0 Å². The highest BCUT2D eigenvalue weighted by atomic mass is 32.2. The van der Waals surface area contributed by atoms with Gasteiger partial charge < -0.3 is 5.32 Å². The van der Waals surface area contributed by atoms with Gasteiger partial charge in [-0.1, -0.05) is 63.1 Å². The largest absolute Gasteiger partial charge is 0.353 e. The summed E-state index contributed by atoms with van der Waals surface area (Å²) in [4.78, 5) is 22.6. The van der Waals surface area contributed by atoms with Crippen molar-refractivity contribution in [3.05, 3.63) is 0 Å². The van der Waals surface area contributed by atoms with Crippen molar-refractivity contribution in [2.45, 2.75) is 77.2 Å². The maximum absolute atomic E-state index is 11.8. The van der Waals surface area contributed by atoms with Crippen LogP contribution in [0.4, 0.5) is 0 Å². The molecule has 0 aliphatic heterocycles. The van der Waals surface area contributed by atoms with Gasteiger partial charge in [0.1, 0.15) is 0 Å². The molecule has 1 N–H and O–H groups in total. The van der Waals surface area contributed by atoms with Crippen molar-refractivity contribution in [3.63, 3.8) is 0 Å².